The Morgan fingerprint density at radius 1 is 1.00 bits per heavy atom. The van der Waals surface area contributed by atoms with Gasteiger partial charge in [-0.25, -0.2) is 0 Å². The number of thiophene rings is 1. The lowest BCUT2D eigenvalue weighted by atomic mass is 10.1. The molecule has 0 spiro atoms. The number of aromatic nitrogens is 1. The van der Waals surface area contributed by atoms with Crippen LogP contribution in [0.1, 0.15) is 57.2 Å². The Balaban J connectivity index is 1.42. The molecule has 1 aliphatic heterocycles. The topological polar surface area (TPSA) is 88.6 Å². The molecule has 0 radical (unpaired) electrons. The molecule has 1 aliphatic rings. The van der Waals surface area contributed by atoms with Gasteiger partial charge < -0.3 is 9.74 Å². The van der Waals surface area contributed by atoms with Crippen molar-refractivity contribution in [2.75, 3.05) is 11.9 Å². The molecular formula is C31H33N3O4SSi. The molecule has 3 amide bonds. The van der Waals surface area contributed by atoms with Gasteiger partial charge in [0.1, 0.15) is 0 Å². The molecule has 40 heavy (non-hydrogen) atoms. The molecule has 1 unspecified atom stereocenters. The third kappa shape index (κ3) is 5.49. The number of fused-ring (bicyclic) bond motifs is 2. The van der Waals surface area contributed by atoms with E-state index in [1.165, 1.54) is 16.2 Å². The van der Waals surface area contributed by atoms with Crippen molar-refractivity contribution in [3.63, 3.8) is 0 Å². The van der Waals surface area contributed by atoms with Gasteiger partial charge in [-0.3, -0.25) is 24.3 Å². The van der Waals surface area contributed by atoms with Crippen LogP contribution in [-0.4, -0.2) is 42.5 Å². The van der Waals surface area contributed by atoms with E-state index in [0.29, 0.717) is 23.4 Å². The lowest BCUT2D eigenvalue weighted by Crippen LogP contribution is -2.40. The van der Waals surface area contributed by atoms with Crippen molar-refractivity contribution in [2.24, 2.45) is 0 Å². The van der Waals surface area contributed by atoms with Crippen molar-refractivity contribution in [1.29, 1.82) is 0 Å². The second-order valence-corrected chi connectivity index (χ2v) is 17.6. The van der Waals surface area contributed by atoms with Crippen LogP contribution in [-0.2, 0) is 15.8 Å². The summed E-state index contributed by atoms with van der Waals surface area (Å²) in [5.74, 6) is -1.80. The molecule has 2 aromatic heterocycles. The first-order chi connectivity index (χ1) is 18.9. The zero-order chi connectivity index (χ0) is 28.7. The fourth-order valence-corrected chi connectivity index (χ4v) is 6.48. The van der Waals surface area contributed by atoms with Crippen LogP contribution in [0.15, 0.2) is 73.1 Å². The fourth-order valence-electron chi connectivity index (χ4n) is 4.41. The van der Waals surface area contributed by atoms with Crippen molar-refractivity contribution in [3.8, 4) is 0 Å². The largest absolute Gasteiger partial charge is 0.412 e. The van der Waals surface area contributed by atoms with Crippen LogP contribution in [0, 0.1) is 0 Å². The molecule has 0 bridgehead atoms. The van der Waals surface area contributed by atoms with Crippen LogP contribution < -0.4 is 5.32 Å². The van der Waals surface area contributed by atoms with Gasteiger partial charge in [-0.2, -0.15) is 0 Å². The summed E-state index contributed by atoms with van der Waals surface area (Å²) in [7, 11) is -1.96. The van der Waals surface area contributed by atoms with E-state index in [9.17, 15) is 14.4 Å². The highest BCUT2D eigenvalue weighted by Gasteiger charge is 2.39. The van der Waals surface area contributed by atoms with E-state index in [1.807, 2.05) is 36.4 Å². The Kier molecular flexibility index (Phi) is 7.47. The summed E-state index contributed by atoms with van der Waals surface area (Å²) in [6.45, 7) is 11.4. The minimum atomic E-state index is -1.96. The molecule has 0 fully saturated rings. The Hall–Kier alpha value is -3.66. The number of carbonyl (C=O) groups is 3. The van der Waals surface area contributed by atoms with E-state index in [1.54, 1.807) is 36.7 Å². The summed E-state index contributed by atoms with van der Waals surface area (Å²) in [6.07, 6.45) is 3.48. The van der Waals surface area contributed by atoms with Crippen molar-refractivity contribution < 1.29 is 18.8 Å². The first kappa shape index (κ1) is 27.9. The van der Waals surface area contributed by atoms with Crippen LogP contribution in [0.5, 0.6) is 0 Å². The average Bonchev–Trinajstić information content (AvgIpc) is 3.48. The minimum Gasteiger partial charge on any atom is -0.412 e. The number of pyridine rings is 1. The molecule has 5 rings (SSSR count). The van der Waals surface area contributed by atoms with Crippen LogP contribution in [0.3, 0.4) is 0 Å². The fraction of sp³-hybridized carbons (Fsp3) is 0.290. The van der Waals surface area contributed by atoms with Crippen LogP contribution >= 0.6 is 11.3 Å². The van der Waals surface area contributed by atoms with Gasteiger partial charge in [0.2, 0.25) is 5.91 Å². The van der Waals surface area contributed by atoms with Crippen LogP contribution in [0.4, 0.5) is 5.69 Å². The summed E-state index contributed by atoms with van der Waals surface area (Å²) in [6, 6.07) is 18.2. The molecule has 3 heterocycles. The van der Waals surface area contributed by atoms with E-state index in [2.05, 4.69) is 44.2 Å². The zero-order valence-electron chi connectivity index (χ0n) is 23.4. The highest BCUT2D eigenvalue weighted by Crippen LogP contribution is 2.38. The van der Waals surface area contributed by atoms with Crippen molar-refractivity contribution in [2.45, 2.75) is 51.4 Å². The zero-order valence-corrected chi connectivity index (χ0v) is 25.2. The van der Waals surface area contributed by atoms with Gasteiger partial charge >= 0.3 is 0 Å². The molecule has 0 saturated carbocycles. The highest BCUT2D eigenvalue weighted by molar-refractivity contribution is 7.12. The number of benzene rings is 2. The quantitative estimate of drug-likeness (QED) is 0.185. The molecule has 1 atom stereocenters. The maximum Gasteiger partial charge on any atom is 0.261 e. The van der Waals surface area contributed by atoms with Gasteiger partial charge in [0.05, 0.1) is 23.7 Å². The highest BCUT2D eigenvalue weighted by atomic mass is 32.1. The lowest BCUT2D eigenvalue weighted by Gasteiger charge is -2.36. The maximum atomic E-state index is 13.8. The van der Waals surface area contributed by atoms with E-state index in [0.717, 1.165) is 20.5 Å². The van der Waals surface area contributed by atoms with E-state index in [-0.39, 0.29) is 29.3 Å². The van der Waals surface area contributed by atoms with Gasteiger partial charge in [-0.1, -0.05) is 39.0 Å². The van der Waals surface area contributed by atoms with Gasteiger partial charge in [-0.05, 0) is 66.0 Å². The first-order valence-electron chi connectivity index (χ1n) is 13.3. The van der Waals surface area contributed by atoms with Gasteiger partial charge in [0.25, 0.3) is 11.8 Å². The van der Waals surface area contributed by atoms with Gasteiger partial charge in [-0.15, -0.1) is 11.3 Å². The predicted molar refractivity (Wildman–Crippen MR) is 161 cm³/mol. The number of nitrogens with zero attached hydrogens (tertiary/aromatic N) is 2. The maximum absolute atomic E-state index is 13.8. The molecule has 1 N–H and O–H groups in total. The summed E-state index contributed by atoms with van der Waals surface area (Å²) >= 11 is 1.48. The number of amides is 3. The van der Waals surface area contributed by atoms with E-state index in [4.69, 9.17) is 4.43 Å². The summed E-state index contributed by atoms with van der Waals surface area (Å²) < 4.78 is 6.40. The first-order valence-corrected chi connectivity index (χ1v) is 17.0. The average molecular weight is 572 g/mol. The predicted octanol–water partition coefficient (Wildman–Crippen LogP) is 6.84. The van der Waals surface area contributed by atoms with Crippen LogP contribution in [0.25, 0.3) is 10.8 Å². The summed E-state index contributed by atoms with van der Waals surface area (Å²) in [5.41, 5.74) is 1.36. The monoisotopic (exact) mass is 571 g/mol. The molecule has 0 saturated heterocycles. The van der Waals surface area contributed by atoms with Crippen molar-refractivity contribution in [1.82, 2.24) is 9.88 Å². The third-order valence-electron chi connectivity index (χ3n) is 7.88. The number of anilines is 1. The molecule has 206 valence electrons. The number of carbonyl (C=O) groups excluding carboxylic acids is 3. The second-order valence-electron chi connectivity index (χ2n) is 11.6. The Bertz CT molecular complexity index is 1570. The standard InChI is InChI=1S/C31H33N3O4SSi/c1-31(2,3)40(4,5)38-19-23-12-13-27(39-23)26(18-34-29(36)24-8-6-7-9-25(24)30(34)37)28(35)33-22-11-10-21-17-32-15-14-20(21)16-22/h6-17,26H,18-19H2,1-5H3,(H,33,35). The van der Waals surface area contributed by atoms with E-state index >= 15 is 0 Å². The molecule has 2 aromatic carbocycles. The van der Waals surface area contributed by atoms with Gasteiger partial charge in [0, 0.05) is 39.8 Å². The summed E-state index contributed by atoms with van der Waals surface area (Å²) in [4.78, 5) is 47.2. The third-order valence-corrected chi connectivity index (χ3v) is 13.5. The van der Waals surface area contributed by atoms with Gasteiger partial charge in [0.15, 0.2) is 8.32 Å². The molecular weight excluding hydrogens is 539 g/mol. The van der Waals surface area contributed by atoms with Crippen molar-refractivity contribution in [3.05, 3.63) is 93.9 Å². The molecule has 7 nitrogen and oxygen atoms in total. The second kappa shape index (κ2) is 10.7. The Labute approximate surface area is 239 Å². The number of hydrogen-bond acceptors (Lipinski definition) is 6. The SMILES string of the molecule is CC(C)(C)[Si](C)(C)OCc1ccc(C(CN2C(=O)c3ccccc3C2=O)C(=O)Nc2ccc3cnccc3c2)s1. The van der Waals surface area contributed by atoms with Crippen LogP contribution in [0.2, 0.25) is 18.1 Å². The number of hydrogen-bond donors (Lipinski definition) is 1. The van der Waals surface area contributed by atoms with E-state index < -0.39 is 14.2 Å². The molecule has 4 aromatic rings. The lowest BCUT2D eigenvalue weighted by molar-refractivity contribution is -0.117. The number of imide groups is 1. The minimum absolute atomic E-state index is 0.0568. The Morgan fingerprint density at radius 3 is 2.38 bits per heavy atom. The number of nitrogens with one attached hydrogen (secondary N) is 1. The van der Waals surface area contributed by atoms with Crippen molar-refractivity contribution >= 4 is 53.8 Å². The molecule has 0 aliphatic carbocycles. The smallest absolute Gasteiger partial charge is 0.261 e. The normalized spacial score (nSPS) is 14.5. The number of rotatable bonds is 8. The summed E-state index contributed by atoms with van der Waals surface area (Å²) in [5, 5.41) is 5.01. The molecule has 9 heteroatoms. The Morgan fingerprint density at radius 2 is 1.70 bits per heavy atom.